The fraction of sp³-hybridized carbons (Fsp3) is 0.471. The van der Waals surface area contributed by atoms with Crippen LogP contribution in [0.15, 0.2) is 60.7 Å². The summed E-state index contributed by atoms with van der Waals surface area (Å²) in [5.41, 5.74) is 1.73. The molecule has 2 aliphatic rings. The van der Waals surface area contributed by atoms with Crippen LogP contribution in [0.1, 0.15) is 57.3 Å². The fourth-order valence-electron chi connectivity index (χ4n) is 5.30. The van der Waals surface area contributed by atoms with E-state index in [1.165, 1.54) is 13.2 Å². The van der Waals surface area contributed by atoms with Gasteiger partial charge in [0.2, 0.25) is 11.8 Å². The standard InChI is InChI=1S/C34H41ClN2O8/c1-20(2)17-28-34(41)44-26(21(3)31-32(45-31)23-9-6-5-7-10-23)11-8-12-29(38)37-25(33(40)36-16-15-30(39)43-28)19-22-13-14-27(42-4)24(35)18-22/h5-10,12-14,18,20-21,25-26,28,31-32H,11,15-17,19H2,1-4H3,(H,36,40)(H,37,38)/b12-8+/t21-,25?,26-,28-,31+,32+/m0/s1. The number of carbonyl (C=O) groups is 4. The first kappa shape index (κ1) is 34.0. The number of halogens is 1. The Morgan fingerprint density at radius 2 is 1.78 bits per heavy atom. The third-order valence-electron chi connectivity index (χ3n) is 7.80. The summed E-state index contributed by atoms with van der Waals surface area (Å²) in [7, 11) is 1.50. The van der Waals surface area contributed by atoms with E-state index < -0.39 is 42.0 Å². The van der Waals surface area contributed by atoms with Crippen LogP contribution in [-0.4, -0.2) is 61.8 Å². The van der Waals surface area contributed by atoms with Crippen LogP contribution in [0.25, 0.3) is 0 Å². The van der Waals surface area contributed by atoms with Crippen LogP contribution in [0.3, 0.4) is 0 Å². The molecule has 4 rings (SSSR count). The van der Waals surface area contributed by atoms with E-state index in [-0.39, 0.29) is 56.3 Å². The van der Waals surface area contributed by atoms with Crippen molar-refractivity contribution in [1.82, 2.24) is 10.6 Å². The summed E-state index contributed by atoms with van der Waals surface area (Å²) in [5, 5.41) is 5.80. The van der Waals surface area contributed by atoms with Gasteiger partial charge in [-0.05, 0) is 41.7 Å². The molecule has 6 atom stereocenters. The molecule has 2 heterocycles. The van der Waals surface area contributed by atoms with Crippen molar-refractivity contribution in [2.24, 2.45) is 11.8 Å². The molecule has 0 aromatic heterocycles. The van der Waals surface area contributed by atoms with E-state index >= 15 is 0 Å². The molecule has 0 radical (unpaired) electrons. The molecule has 0 bridgehead atoms. The van der Waals surface area contributed by atoms with Gasteiger partial charge in [-0.15, -0.1) is 0 Å². The highest BCUT2D eigenvalue weighted by Gasteiger charge is 2.47. The van der Waals surface area contributed by atoms with Gasteiger partial charge in [-0.2, -0.15) is 0 Å². The first-order valence-corrected chi connectivity index (χ1v) is 15.6. The fourth-order valence-corrected chi connectivity index (χ4v) is 5.58. The Morgan fingerprint density at radius 3 is 2.47 bits per heavy atom. The highest BCUT2D eigenvalue weighted by Crippen LogP contribution is 2.45. The van der Waals surface area contributed by atoms with Crippen molar-refractivity contribution in [1.29, 1.82) is 0 Å². The van der Waals surface area contributed by atoms with Gasteiger partial charge < -0.3 is 29.6 Å². The number of hydrogen-bond acceptors (Lipinski definition) is 8. The van der Waals surface area contributed by atoms with Crippen LogP contribution < -0.4 is 15.4 Å². The molecule has 2 aromatic rings. The zero-order valence-electron chi connectivity index (χ0n) is 26.0. The zero-order valence-corrected chi connectivity index (χ0v) is 26.8. The van der Waals surface area contributed by atoms with Gasteiger partial charge in [0.15, 0.2) is 6.10 Å². The van der Waals surface area contributed by atoms with E-state index in [1.807, 2.05) is 51.1 Å². The van der Waals surface area contributed by atoms with Crippen molar-refractivity contribution >= 4 is 35.4 Å². The van der Waals surface area contributed by atoms with Crippen molar-refractivity contribution in [3.63, 3.8) is 0 Å². The summed E-state index contributed by atoms with van der Waals surface area (Å²) < 4.78 is 22.7. The topological polar surface area (TPSA) is 133 Å². The molecule has 2 N–H and O–H groups in total. The highest BCUT2D eigenvalue weighted by atomic mass is 35.5. The van der Waals surface area contributed by atoms with Gasteiger partial charge in [-0.3, -0.25) is 14.4 Å². The average molecular weight is 641 g/mol. The lowest BCUT2D eigenvalue weighted by atomic mass is 9.93. The van der Waals surface area contributed by atoms with Crippen LogP contribution in [0.5, 0.6) is 5.75 Å². The van der Waals surface area contributed by atoms with Gasteiger partial charge in [0.25, 0.3) is 0 Å². The predicted octanol–water partition coefficient (Wildman–Crippen LogP) is 4.49. The Hall–Kier alpha value is -3.89. The monoisotopic (exact) mass is 640 g/mol. The lowest BCUT2D eigenvalue weighted by Crippen LogP contribution is -2.48. The molecule has 0 aliphatic carbocycles. The van der Waals surface area contributed by atoms with E-state index in [1.54, 1.807) is 24.3 Å². The molecule has 2 aliphatic heterocycles. The number of ether oxygens (including phenoxy) is 4. The second-order valence-electron chi connectivity index (χ2n) is 11.8. The number of carbonyl (C=O) groups excluding carboxylic acids is 4. The van der Waals surface area contributed by atoms with Crippen LogP contribution >= 0.6 is 11.6 Å². The number of esters is 2. The Morgan fingerprint density at radius 1 is 1.02 bits per heavy atom. The summed E-state index contributed by atoms with van der Waals surface area (Å²) in [6, 6.07) is 13.9. The first-order chi connectivity index (χ1) is 21.5. The van der Waals surface area contributed by atoms with Crippen molar-refractivity contribution in [2.45, 2.75) is 76.9 Å². The Labute approximate surface area is 268 Å². The minimum Gasteiger partial charge on any atom is -0.495 e. The largest absolute Gasteiger partial charge is 0.495 e. The maximum absolute atomic E-state index is 13.4. The maximum Gasteiger partial charge on any atom is 0.347 e. The van der Waals surface area contributed by atoms with Gasteiger partial charge >= 0.3 is 11.9 Å². The molecule has 2 aromatic carbocycles. The van der Waals surface area contributed by atoms with Gasteiger partial charge in [-0.1, -0.05) is 74.8 Å². The number of methoxy groups -OCH3 is 1. The van der Waals surface area contributed by atoms with E-state index in [2.05, 4.69) is 10.6 Å². The zero-order chi connectivity index (χ0) is 32.5. The van der Waals surface area contributed by atoms with Crippen LogP contribution in [0.4, 0.5) is 0 Å². The van der Waals surface area contributed by atoms with E-state index in [0.29, 0.717) is 16.3 Å². The van der Waals surface area contributed by atoms with E-state index in [4.69, 9.17) is 30.5 Å². The van der Waals surface area contributed by atoms with Crippen LogP contribution in [-0.2, 0) is 39.8 Å². The average Bonchev–Trinajstić information content (AvgIpc) is 3.80. The molecule has 0 spiro atoms. The minimum absolute atomic E-state index is 0.0431. The summed E-state index contributed by atoms with van der Waals surface area (Å²) >= 11 is 6.28. The summed E-state index contributed by atoms with van der Waals surface area (Å²) in [4.78, 5) is 52.3. The van der Waals surface area contributed by atoms with Crippen molar-refractivity contribution < 1.29 is 38.1 Å². The quantitative estimate of drug-likeness (QED) is 0.319. The number of amides is 2. The van der Waals surface area contributed by atoms with Gasteiger partial charge in [0.05, 0.1) is 24.7 Å². The molecule has 1 saturated heterocycles. The molecule has 10 nitrogen and oxygen atoms in total. The first-order valence-electron chi connectivity index (χ1n) is 15.2. The minimum atomic E-state index is -1.11. The molecule has 1 fully saturated rings. The number of benzene rings is 2. The summed E-state index contributed by atoms with van der Waals surface area (Å²) in [5.74, 6) is -1.99. The van der Waals surface area contributed by atoms with E-state index in [9.17, 15) is 19.2 Å². The summed E-state index contributed by atoms with van der Waals surface area (Å²) in [6.07, 6.45) is 1.28. The molecule has 2 amide bonds. The molecule has 1 unspecified atom stereocenters. The molecular weight excluding hydrogens is 600 g/mol. The third kappa shape index (κ3) is 9.80. The maximum atomic E-state index is 13.4. The number of hydrogen-bond donors (Lipinski definition) is 2. The smallest absolute Gasteiger partial charge is 0.347 e. The number of cyclic esters (lactones) is 2. The summed E-state index contributed by atoms with van der Waals surface area (Å²) in [6.45, 7) is 5.72. The van der Waals surface area contributed by atoms with Gasteiger partial charge in [0.1, 0.15) is 24.0 Å². The third-order valence-corrected chi connectivity index (χ3v) is 8.10. The molecule has 45 heavy (non-hydrogen) atoms. The molecular formula is C34H41ClN2O8. The second-order valence-corrected chi connectivity index (χ2v) is 12.2. The Bertz CT molecular complexity index is 1380. The number of nitrogens with one attached hydrogen (secondary N) is 2. The van der Waals surface area contributed by atoms with Crippen molar-refractivity contribution in [3.8, 4) is 5.75 Å². The van der Waals surface area contributed by atoms with Crippen LogP contribution in [0, 0.1) is 11.8 Å². The van der Waals surface area contributed by atoms with Crippen molar-refractivity contribution in [2.75, 3.05) is 13.7 Å². The SMILES string of the molecule is COc1ccc(CC2NC(=O)/C=C/C[C@@H]([C@H](C)[C@H]3O[C@@H]3c3ccccc3)OC(=O)[C@H](CC(C)C)OC(=O)CCNC2=O)cc1Cl. The number of epoxide rings is 1. The Kier molecular flexibility index (Phi) is 12.0. The number of rotatable bonds is 8. The predicted molar refractivity (Wildman–Crippen MR) is 167 cm³/mol. The molecule has 11 heteroatoms. The molecule has 0 saturated carbocycles. The van der Waals surface area contributed by atoms with E-state index in [0.717, 1.165) is 5.56 Å². The lowest BCUT2D eigenvalue weighted by Gasteiger charge is -2.26. The highest BCUT2D eigenvalue weighted by molar-refractivity contribution is 6.32. The lowest BCUT2D eigenvalue weighted by molar-refractivity contribution is -0.174. The van der Waals surface area contributed by atoms with Gasteiger partial charge in [-0.25, -0.2) is 4.79 Å². The van der Waals surface area contributed by atoms with Gasteiger partial charge in [0, 0.05) is 25.3 Å². The van der Waals surface area contributed by atoms with Crippen LogP contribution in [0.2, 0.25) is 5.02 Å². The normalized spacial score (nSPS) is 26.2. The molecule has 242 valence electrons. The van der Waals surface area contributed by atoms with Crippen molar-refractivity contribution in [3.05, 3.63) is 76.8 Å². The second kappa shape index (κ2) is 15.9. The Balaban J connectivity index is 1.55.